The van der Waals surface area contributed by atoms with Crippen molar-refractivity contribution in [2.75, 3.05) is 6.61 Å². The third kappa shape index (κ3) is 3.71. The average molecular weight is 373 g/mol. The van der Waals surface area contributed by atoms with Gasteiger partial charge in [-0.05, 0) is 6.07 Å². The molecule has 0 N–H and O–H groups in total. The Balaban J connectivity index is 1.94. The minimum absolute atomic E-state index is 0.0323. The summed E-state index contributed by atoms with van der Waals surface area (Å²) in [6.45, 7) is -1.71. The van der Waals surface area contributed by atoms with Crippen LogP contribution in [0.1, 0.15) is 10.5 Å². The highest BCUT2D eigenvalue weighted by Gasteiger charge is 2.29. The summed E-state index contributed by atoms with van der Waals surface area (Å²) in [7, 11) is 0. The molecule has 26 heavy (non-hydrogen) atoms. The SMILES string of the molecule is O=Cc1cc2c(F)c(Oc3ncc(F)cc3OCC(F)(F)F)ccn2n1. The number of carbonyl (C=O) groups is 1. The van der Waals surface area contributed by atoms with Gasteiger partial charge in [0.2, 0.25) is 0 Å². The van der Waals surface area contributed by atoms with Gasteiger partial charge in [-0.25, -0.2) is 18.3 Å². The number of hydrogen-bond acceptors (Lipinski definition) is 5. The summed E-state index contributed by atoms with van der Waals surface area (Å²) >= 11 is 0. The number of alkyl halides is 3. The van der Waals surface area contributed by atoms with Crippen LogP contribution in [0.4, 0.5) is 22.0 Å². The van der Waals surface area contributed by atoms with Gasteiger partial charge in [0.25, 0.3) is 5.88 Å². The number of aldehydes is 1. The lowest BCUT2D eigenvalue weighted by molar-refractivity contribution is -0.153. The number of aromatic nitrogens is 3. The molecule has 3 aromatic rings. The van der Waals surface area contributed by atoms with Gasteiger partial charge >= 0.3 is 6.18 Å². The van der Waals surface area contributed by atoms with Crippen LogP contribution in [0, 0.1) is 11.6 Å². The van der Waals surface area contributed by atoms with Gasteiger partial charge < -0.3 is 9.47 Å². The lowest BCUT2D eigenvalue weighted by atomic mass is 10.3. The Morgan fingerprint density at radius 3 is 2.65 bits per heavy atom. The van der Waals surface area contributed by atoms with Crippen LogP contribution in [0.15, 0.2) is 30.6 Å². The predicted molar refractivity (Wildman–Crippen MR) is 76.4 cm³/mol. The van der Waals surface area contributed by atoms with Gasteiger partial charge in [0, 0.05) is 18.3 Å². The fourth-order valence-electron chi connectivity index (χ4n) is 2.02. The van der Waals surface area contributed by atoms with E-state index in [1.54, 1.807) is 0 Å². The van der Waals surface area contributed by atoms with Gasteiger partial charge in [-0.3, -0.25) is 4.79 Å². The van der Waals surface area contributed by atoms with Crippen molar-refractivity contribution in [2.45, 2.75) is 6.18 Å². The molecule has 3 rings (SSSR count). The molecule has 0 bridgehead atoms. The first-order valence-electron chi connectivity index (χ1n) is 6.93. The molecule has 0 amide bonds. The smallest absolute Gasteiger partial charge is 0.422 e. The van der Waals surface area contributed by atoms with Crippen molar-refractivity contribution in [1.29, 1.82) is 0 Å². The molecule has 0 saturated carbocycles. The van der Waals surface area contributed by atoms with E-state index in [4.69, 9.17) is 4.74 Å². The van der Waals surface area contributed by atoms with E-state index in [2.05, 4.69) is 14.8 Å². The molecule has 11 heteroatoms. The molecule has 3 heterocycles. The molecule has 136 valence electrons. The molecule has 0 aromatic carbocycles. The number of pyridine rings is 2. The largest absolute Gasteiger partial charge is 0.478 e. The highest BCUT2D eigenvalue weighted by molar-refractivity contribution is 5.75. The molecular formula is C15H8F5N3O3. The average Bonchev–Trinajstić information content (AvgIpc) is 3.01. The highest BCUT2D eigenvalue weighted by atomic mass is 19.4. The Bertz CT molecular complexity index is 971. The first-order valence-corrected chi connectivity index (χ1v) is 6.93. The van der Waals surface area contributed by atoms with Crippen molar-refractivity contribution in [3.8, 4) is 17.4 Å². The van der Waals surface area contributed by atoms with Gasteiger partial charge in [0.15, 0.2) is 30.2 Å². The number of ether oxygens (including phenoxy) is 2. The van der Waals surface area contributed by atoms with E-state index >= 15 is 0 Å². The standard InChI is InChI=1S/C15H8F5N3O3/c16-8-3-12(25-7-15(18,19)20)14(21-5-8)26-11-1-2-23-10(13(11)17)4-9(6-24)22-23/h1-6H,7H2. The minimum atomic E-state index is -4.67. The number of halogens is 5. The molecule has 6 nitrogen and oxygen atoms in total. The van der Waals surface area contributed by atoms with Crippen LogP contribution in [0.5, 0.6) is 17.4 Å². The second-order valence-corrected chi connectivity index (χ2v) is 4.97. The summed E-state index contributed by atoms with van der Waals surface area (Å²) in [4.78, 5) is 14.2. The van der Waals surface area contributed by atoms with E-state index in [0.717, 1.165) is 16.6 Å². The maximum Gasteiger partial charge on any atom is 0.422 e. The predicted octanol–water partition coefficient (Wildman–Crippen LogP) is 3.55. The fourth-order valence-corrected chi connectivity index (χ4v) is 2.02. The van der Waals surface area contributed by atoms with Gasteiger partial charge in [-0.15, -0.1) is 0 Å². The summed E-state index contributed by atoms with van der Waals surface area (Å²) in [6.07, 6.45) is -2.32. The molecule has 0 aliphatic heterocycles. The van der Waals surface area contributed by atoms with Crippen LogP contribution in [0.2, 0.25) is 0 Å². The zero-order chi connectivity index (χ0) is 18.9. The van der Waals surface area contributed by atoms with Crippen molar-refractivity contribution >= 4 is 11.8 Å². The minimum Gasteiger partial charge on any atom is -0.478 e. The fraction of sp³-hybridized carbons (Fsp3) is 0.133. The summed E-state index contributed by atoms with van der Waals surface area (Å²) in [5.74, 6) is -3.54. The van der Waals surface area contributed by atoms with Gasteiger partial charge in [0.1, 0.15) is 17.0 Å². The van der Waals surface area contributed by atoms with Crippen molar-refractivity contribution in [2.24, 2.45) is 0 Å². The molecular weight excluding hydrogens is 365 g/mol. The first kappa shape index (κ1) is 17.6. The molecule has 0 aliphatic carbocycles. The monoisotopic (exact) mass is 373 g/mol. The van der Waals surface area contributed by atoms with Crippen molar-refractivity contribution < 1.29 is 36.2 Å². The van der Waals surface area contributed by atoms with Crippen LogP contribution < -0.4 is 9.47 Å². The summed E-state index contributed by atoms with van der Waals surface area (Å²) in [5, 5.41) is 3.76. The zero-order valence-electron chi connectivity index (χ0n) is 12.6. The van der Waals surface area contributed by atoms with E-state index in [1.807, 2.05) is 0 Å². The van der Waals surface area contributed by atoms with Crippen molar-refractivity contribution in [1.82, 2.24) is 14.6 Å². The van der Waals surface area contributed by atoms with Crippen molar-refractivity contribution in [3.63, 3.8) is 0 Å². The first-order chi connectivity index (χ1) is 12.3. The Morgan fingerprint density at radius 2 is 1.96 bits per heavy atom. The second-order valence-electron chi connectivity index (χ2n) is 4.97. The molecule has 0 spiro atoms. The quantitative estimate of drug-likeness (QED) is 0.506. The topological polar surface area (TPSA) is 65.7 Å². The lowest BCUT2D eigenvalue weighted by Crippen LogP contribution is -2.19. The third-order valence-electron chi connectivity index (χ3n) is 3.07. The van der Waals surface area contributed by atoms with Crippen LogP contribution >= 0.6 is 0 Å². The third-order valence-corrected chi connectivity index (χ3v) is 3.07. The Kier molecular flexibility index (Phi) is 4.45. The van der Waals surface area contributed by atoms with Crippen LogP contribution in [0.25, 0.3) is 5.52 Å². The summed E-state index contributed by atoms with van der Waals surface area (Å²) in [6, 6.07) is 2.89. The van der Waals surface area contributed by atoms with E-state index in [9.17, 15) is 26.7 Å². The molecule has 3 aromatic heterocycles. The molecule has 0 atom stereocenters. The number of nitrogens with zero attached hydrogens (tertiary/aromatic N) is 3. The van der Waals surface area contributed by atoms with Crippen LogP contribution in [-0.4, -0.2) is 33.7 Å². The van der Waals surface area contributed by atoms with E-state index < -0.39 is 41.8 Å². The maximum absolute atomic E-state index is 14.5. The zero-order valence-corrected chi connectivity index (χ0v) is 12.6. The molecule has 0 saturated heterocycles. The lowest BCUT2D eigenvalue weighted by Gasteiger charge is -2.13. The number of carbonyl (C=O) groups excluding carboxylic acids is 1. The van der Waals surface area contributed by atoms with Gasteiger partial charge in [-0.2, -0.15) is 18.3 Å². The van der Waals surface area contributed by atoms with Crippen LogP contribution in [0.3, 0.4) is 0 Å². The Hall–Kier alpha value is -3.24. The van der Waals surface area contributed by atoms with E-state index in [-0.39, 0.29) is 11.2 Å². The summed E-state index contributed by atoms with van der Waals surface area (Å²) in [5.41, 5.74) is -0.139. The van der Waals surface area contributed by atoms with Crippen molar-refractivity contribution in [3.05, 3.63) is 47.9 Å². The highest BCUT2D eigenvalue weighted by Crippen LogP contribution is 2.33. The van der Waals surface area contributed by atoms with E-state index in [0.29, 0.717) is 18.5 Å². The summed E-state index contributed by atoms with van der Waals surface area (Å²) < 4.78 is 75.3. The van der Waals surface area contributed by atoms with Crippen LogP contribution in [-0.2, 0) is 0 Å². The normalized spacial score (nSPS) is 11.6. The number of fused-ring (bicyclic) bond motifs is 1. The van der Waals surface area contributed by atoms with E-state index in [1.165, 1.54) is 6.20 Å². The van der Waals surface area contributed by atoms with Gasteiger partial charge in [-0.1, -0.05) is 0 Å². The molecule has 0 unspecified atom stereocenters. The maximum atomic E-state index is 14.5. The molecule has 0 aliphatic rings. The molecule has 0 radical (unpaired) electrons. The Labute approximate surface area is 141 Å². The Morgan fingerprint density at radius 1 is 1.19 bits per heavy atom. The molecule has 0 fully saturated rings. The van der Waals surface area contributed by atoms with Gasteiger partial charge in [0.05, 0.1) is 6.20 Å². The second kappa shape index (κ2) is 6.58. The number of hydrogen-bond donors (Lipinski definition) is 0. The number of rotatable bonds is 5.